The zero-order valence-electron chi connectivity index (χ0n) is 10.7. The number of carbonyl (C=O) groups is 1. The molecule has 6 heteroatoms. The summed E-state index contributed by atoms with van der Waals surface area (Å²) < 4.78 is 4.60. The molecule has 20 heavy (non-hydrogen) atoms. The Balaban J connectivity index is 2.67. The van der Waals surface area contributed by atoms with Crippen molar-refractivity contribution in [1.82, 2.24) is 4.57 Å². The number of rotatable bonds is 4. The normalized spacial score (nSPS) is 10.8. The van der Waals surface area contributed by atoms with E-state index in [0.717, 1.165) is 31.1 Å². The number of carboxylic acid groups (broad SMARTS) is 1. The summed E-state index contributed by atoms with van der Waals surface area (Å²) in [6.45, 7) is 2.69. The molecule has 1 heterocycles. The van der Waals surface area contributed by atoms with Crippen LogP contribution in [0, 0.1) is 0 Å². The van der Waals surface area contributed by atoms with Crippen LogP contribution in [-0.4, -0.2) is 15.6 Å². The van der Waals surface area contributed by atoms with Crippen LogP contribution in [0.3, 0.4) is 0 Å². The van der Waals surface area contributed by atoms with E-state index in [-0.39, 0.29) is 0 Å². The van der Waals surface area contributed by atoms with Gasteiger partial charge in [0.2, 0.25) is 0 Å². The van der Waals surface area contributed by atoms with Gasteiger partial charge >= 0.3 is 5.97 Å². The third kappa shape index (κ3) is 3.02. The standard InChI is InChI=1S/C14H12Br3NO2/c1-2-5-18-11(3-4-12(18)14(19)20)13-9(16)6-8(15)7-10(13)17/h3-4,6-7H,2,5H2,1H3,(H,19,20). The van der Waals surface area contributed by atoms with Crippen molar-refractivity contribution in [3.63, 3.8) is 0 Å². The lowest BCUT2D eigenvalue weighted by Gasteiger charge is -2.14. The summed E-state index contributed by atoms with van der Waals surface area (Å²) in [7, 11) is 0. The molecule has 1 N–H and O–H groups in total. The molecule has 0 aliphatic carbocycles. The van der Waals surface area contributed by atoms with E-state index in [2.05, 4.69) is 47.8 Å². The molecular formula is C14H12Br3NO2. The molecule has 1 aromatic heterocycles. The highest BCUT2D eigenvalue weighted by Gasteiger charge is 2.18. The Morgan fingerprint density at radius 3 is 2.30 bits per heavy atom. The van der Waals surface area contributed by atoms with Gasteiger partial charge in [-0.1, -0.05) is 54.7 Å². The molecule has 2 rings (SSSR count). The molecule has 0 radical (unpaired) electrons. The molecule has 0 amide bonds. The summed E-state index contributed by atoms with van der Waals surface area (Å²) >= 11 is 10.5. The molecule has 1 aromatic carbocycles. The molecule has 3 nitrogen and oxygen atoms in total. The van der Waals surface area contributed by atoms with Gasteiger partial charge in [0, 0.05) is 25.5 Å². The van der Waals surface area contributed by atoms with Gasteiger partial charge in [0.1, 0.15) is 5.69 Å². The van der Waals surface area contributed by atoms with Gasteiger partial charge in [0.15, 0.2) is 0 Å². The smallest absolute Gasteiger partial charge is 0.352 e. The van der Waals surface area contributed by atoms with Gasteiger partial charge in [0.05, 0.1) is 5.69 Å². The van der Waals surface area contributed by atoms with E-state index in [1.807, 2.05) is 29.7 Å². The molecule has 0 saturated heterocycles. The van der Waals surface area contributed by atoms with Crippen molar-refractivity contribution in [2.24, 2.45) is 0 Å². The van der Waals surface area contributed by atoms with Crippen molar-refractivity contribution in [1.29, 1.82) is 0 Å². The first-order chi connectivity index (χ1) is 9.45. The van der Waals surface area contributed by atoms with E-state index in [9.17, 15) is 9.90 Å². The summed E-state index contributed by atoms with van der Waals surface area (Å²) in [5.41, 5.74) is 2.15. The van der Waals surface area contributed by atoms with Crippen molar-refractivity contribution in [3.05, 3.63) is 43.4 Å². The van der Waals surface area contributed by atoms with Crippen molar-refractivity contribution >= 4 is 53.8 Å². The summed E-state index contributed by atoms with van der Waals surface area (Å²) in [4.78, 5) is 11.3. The van der Waals surface area contributed by atoms with E-state index in [4.69, 9.17) is 0 Å². The van der Waals surface area contributed by atoms with Crippen LogP contribution in [0.1, 0.15) is 23.8 Å². The second-order valence-corrected chi connectivity index (χ2v) is 6.93. The van der Waals surface area contributed by atoms with Crippen LogP contribution in [0.2, 0.25) is 0 Å². The number of benzene rings is 1. The first-order valence-corrected chi connectivity index (χ1v) is 8.41. The van der Waals surface area contributed by atoms with Crippen molar-refractivity contribution in [2.45, 2.75) is 19.9 Å². The van der Waals surface area contributed by atoms with Gasteiger partial charge in [0.25, 0.3) is 0 Å². The Kier molecular flexibility index (Phi) is 5.09. The third-order valence-corrected chi connectivity index (χ3v) is 4.62. The summed E-state index contributed by atoms with van der Waals surface area (Å²) in [5.74, 6) is -0.908. The molecule has 0 aliphatic rings. The maximum Gasteiger partial charge on any atom is 0.352 e. The average molecular weight is 466 g/mol. The molecular weight excluding hydrogens is 454 g/mol. The zero-order valence-corrected chi connectivity index (χ0v) is 15.4. The third-order valence-electron chi connectivity index (χ3n) is 2.91. The summed E-state index contributed by atoms with van der Waals surface area (Å²) in [6, 6.07) is 7.39. The summed E-state index contributed by atoms with van der Waals surface area (Å²) in [5, 5.41) is 9.28. The fraction of sp³-hybridized carbons (Fsp3) is 0.214. The van der Waals surface area contributed by atoms with Crippen molar-refractivity contribution in [3.8, 4) is 11.3 Å². The molecule has 0 bridgehead atoms. The Morgan fingerprint density at radius 1 is 1.20 bits per heavy atom. The molecule has 2 aromatic rings. The molecule has 0 aliphatic heterocycles. The minimum atomic E-state index is -0.908. The van der Waals surface area contributed by atoms with Crippen molar-refractivity contribution in [2.75, 3.05) is 0 Å². The number of aromatic carboxylic acids is 1. The van der Waals surface area contributed by atoms with E-state index >= 15 is 0 Å². The molecule has 0 spiro atoms. The van der Waals surface area contributed by atoms with E-state index in [0.29, 0.717) is 12.2 Å². The quantitative estimate of drug-likeness (QED) is 0.643. The summed E-state index contributed by atoms with van der Waals surface area (Å²) in [6.07, 6.45) is 0.869. The minimum absolute atomic E-state index is 0.309. The number of aromatic nitrogens is 1. The number of halogens is 3. The predicted molar refractivity (Wildman–Crippen MR) is 90.2 cm³/mol. The molecule has 0 fully saturated rings. The van der Waals surface area contributed by atoms with E-state index in [1.54, 1.807) is 6.07 Å². The molecule has 106 valence electrons. The van der Waals surface area contributed by atoms with Gasteiger partial charge < -0.3 is 9.67 Å². The maximum atomic E-state index is 11.3. The number of nitrogens with zero attached hydrogens (tertiary/aromatic N) is 1. The highest BCUT2D eigenvalue weighted by molar-refractivity contribution is 9.11. The second-order valence-electron chi connectivity index (χ2n) is 4.31. The van der Waals surface area contributed by atoms with Crippen molar-refractivity contribution < 1.29 is 9.90 Å². The van der Waals surface area contributed by atoms with E-state index in [1.165, 1.54) is 0 Å². The van der Waals surface area contributed by atoms with Crippen LogP contribution in [0.25, 0.3) is 11.3 Å². The first-order valence-electron chi connectivity index (χ1n) is 6.03. The zero-order chi connectivity index (χ0) is 14.9. The predicted octanol–water partition coefficient (Wildman–Crippen LogP) is 5.55. The van der Waals surface area contributed by atoms with Gasteiger partial charge in [-0.3, -0.25) is 0 Å². The van der Waals surface area contributed by atoms with Gasteiger partial charge in [-0.15, -0.1) is 0 Å². The highest BCUT2D eigenvalue weighted by Crippen LogP contribution is 2.38. The largest absolute Gasteiger partial charge is 0.477 e. The lowest BCUT2D eigenvalue weighted by atomic mass is 10.1. The van der Waals surface area contributed by atoms with Crippen LogP contribution >= 0.6 is 47.8 Å². The van der Waals surface area contributed by atoms with Crippen LogP contribution in [-0.2, 0) is 6.54 Å². The SMILES string of the molecule is CCCn1c(C(=O)O)ccc1-c1c(Br)cc(Br)cc1Br. The number of hydrogen-bond donors (Lipinski definition) is 1. The number of hydrogen-bond acceptors (Lipinski definition) is 1. The minimum Gasteiger partial charge on any atom is -0.477 e. The first kappa shape index (κ1) is 15.8. The fourth-order valence-corrected chi connectivity index (χ4v) is 4.79. The van der Waals surface area contributed by atoms with E-state index < -0.39 is 5.97 Å². The monoisotopic (exact) mass is 463 g/mol. The fourth-order valence-electron chi connectivity index (χ4n) is 2.12. The van der Waals surface area contributed by atoms with Crippen LogP contribution in [0.4, 0.5) is 0 Å². The number of carboxylic acids is 1. The maximum absolute atomic E-state index is 11.3. The van der Waals surface area contributed by atoms with Gasteiger partial charge in [-0.25, -0.2) is 4.79 Å². The Morgan fingerprint density at radius 2 is 1.80 bits per heavy atom. The Hall–Kier alpha value is -0.590. The molecule has 0 saturated carbocycles. The van der Waals surface area contributed by atoms with Gasteiger partial charge in [-0.05, 0) is 30.7 Å². The molecule has 0 unspecified atom stereocenters. The molecule has 0 atom stereocenters. The van der Waals surface area contributed by atoms with Crippen LogP contribution < -0.4 is 0 Å². The Bertz CT molecular complexity index is 641. The topological polar surface area (TPSA) is 42.2 Å². The van der Waals surface area contributed by atoms with Crippen LogP contribution in [0.5, 0.6) is 0 Å². The van der Waals surface area contributed by atoms with Crippen LogP contribution in [0.15, 0.2) is 37.7 Å². The van der Waals surface area contributed by atoms with Gasteiger partial charge in [-0.2, -0.15) is 0 Å². The average Bonchev–Trinajstić information content (AvgIpc) is 2.72. The lowest BCUT2D eigenvalue weighted by Crippen LogP contribution is -2.09. The lowest BCUT2D eigenvalue weighted by molar-refractivity contribution is 0.0685. The Labute approximate surface area is 142 Å². The second kappa shape index (κ2) is 6.45. The highest BCUT2D eigenvalue weighted by atomic mass is 79.9.